The van der Waals surface area contributed by atoms with E-state index in [-0.39, 0.29) is 18.2 Å². The molecule has 0 fully saturated rings. The predicted octanol–water partition coefficient (Wildman–Crippen LogP) is 11.5. The predicted molar refractivity (Wildman–Crippen MR) is 167 cm³/mol. The lowest BCUT2D eigenvalue weighted by atomic mass is 9.91. The Hall–Kier alpha value is -0.570. The van der Waals surface area contributed by atoms with E-state index in [0.29, 0.717) is 18.8 Å². The van der Waals surface area contributed by atoms with Crippen molar-refractivity contribution in [3.63, 3.8) is 0 Å². The highest BCUT2D eigenvalue weighted by atomic mass is 16.5. The van der Waals surface area contributed by atoms with Crippen molar-refractivity contribution in [3.05, 3.63) is 0 Å². The third-order valence-corrected chi connectivity index (χ3v) is 8.21. The van der Waals surface area contributed by atoms with Crippen LogP contribution in [0.2, 0.25) is 0 Å². The molecule has 0 heterocycles. The van der Waals surface area contributed by atoms with Crippen LogP contribution in [0.1, 0.15) is 201 Å². The molecule has 3 nitrogen and oxygen atoms in total. The van der Waals surface area contributed by atoms with E-state index in [1.54, 1.807) is 6.92 Å². The van der Waals surface area contributed by atoms with Gasteiger partial charge in [0.05, 0.1) is 12.2 Å². The summed E-state index contributed by atoms with van der Waals surface area (Å²) in [7, 11) is 0. The minimum atomic E-state index is -0.328. The number of hydrogen-bond donors (Lipinski definition) is 1. The summed E-state index contributed by atoms with van der Waals surface area (Å²) in [6.45, 7) is 8.32. The van der Waals surface area contributed by atoms with Gasteiger partial charge in [-0.2, -0.15) is 0 Å². The first-order valence-corrected chi connectivity index (χ1v) is 17.4. The molecule has 0 bridgehead atoms. The van der Waals surface area contributed by atoms with Gasteiger partial charge in [0.25, 0.3) is 0 Å². The molecule has 3 unspecified atom stereocenters. The van der Waals surface area contributed by atoms with E-state index >= 15 is 0 Å². The molecule has 0 rings (SSSR count). The van der Waals surface area contributed by atoms with Gasteiger partial charge in [-0.15, -0.1) is 0 Å². The molecule has 0 aliphatic rings. The van der Waals surface area contributed by atoms with E-state index in [1.807, 2.05) is 6.92 Å². The lowest BCUT2D eigenvalue weighted by Crippen LogP contribution is -2.19. The molecule has 0 radical (unpaired) electrons. The fourth-order valence-electron chi connectivity index (χ4n) is 5.59. The molecule has 0 amide bonds. The van der Waals surface area contributed by atoms with Gasteiger partial charge in [-0.3, -0.25) is 4.79 Å². The number of hydrogen-bond acceptors (Lipinski definition) is 3. The summed E-state index contributed by atoms with van der Waals surface area (Å²) in [5.41, 5.74) is 0. The standard InChI is InChI=1S/C35H70O3/c1-5-7-9-11-13-15-17-18-20-22-24-26-28-34(31-35(37)38-33(4)30-29-32(3)36)27-25-23-21-19-16-14-12-10-8-6-2/h32-34,36H,5-31H2,1-4H3. The minimum Gasteiger partial charge on any atom is -0.463 e. The Labute approximate surface area is 239 Å². The van der Waals surface area contributed by atoms with Crippen LogP contribution < -0.4 is 0 Å². The maximum atomic E-state index is 12.6. The van der Waals surface area contributed by atoms with Crippen molar-refractivity contribution in [2.24, 2.45) is 5.92 Å². The molecule has 0 saturated carbocycles. The lowest BCUT2D eigenvalue weighted by molar-refractivity contribution is -0.150. The zero-order chi connectivity index (χ0) is 28.1. The molecule has 0 aliphatic heterocycles. The Morgan fingerprint density at radius 3 is 1.21 bits per heavy atom. The fourth-order valence-corrected chi connectivity index (χ4v) is 5.59. The van der Waals surface area contributed by atoms with E-state index in [0.717, 1.165) is 6.42 Å². The topological polar surface area (TPSA) is 46.5 Å². The summed E-state index contributed by atoms with van der Waals surface area (Å²) in [4.78, 5) is 12.6. The number of rotatable bonds is 30. The number of unbranched alkanes of at least 4 members (excludes halogenated alkanes) is 20. The van der Waals surface area contributed by atoms with Crippen LogP contribution >= 0.6 is 0 Å². The molecule has 3 atom stereocenters. The molecule has 0 aromatic carbocycles. The summed E-state index contributed by atoms with van der Waals surface area (Å²) >= 11 is 0. The van der Waals surface area contributed by atoms with Crippen molar-refractivity contribution >= 4 is 5.97 Å². The molecular formula is C35H70O3. The second-order valence-corrected chi connectivity index (χ2v) is 12.4. The van der Waals surface area contributed by atoms with Crippen molar-refractivity contribution in [1.29, 1.82) is 0 Å². The Bertz CT molecular complexity index is 476. The maximum absolute atomic E-state index is 12.6. The summed E-state index contributed by atoms with van der Waals surface area (Å²) in [6.07, 6.45) is 34.1. The minimum absolute atomic E-state index is 0.0286. The zero-order valence-corrected chi connectivity index (χ0v) is 26.6. The van der Waals surface area contributed by atoms with Crippen LogP contribution in [0.25, 0.3) is 0 Å². The van der Waals surface area contributed by atoms with Gasteiger partial charge in [0.2, 0.25) is 0 Å². The van der Waals surface area contributed by atoms with Gasteiger partial charge in [-0.1, -0.05) is 155 Å². The number of esters is 1. The Morgan fingerprint density at radius 1 is 0.526 bits per heavy atom. The number of ether oxygens (including phenoxy) is 1. The fraction of sp³-hybridized carbons (Fsp3) is 0.971. The van der Waals surface area contributed by atoms with E-state index in [2.05, 4.69) is 13.8 Å². The van der Waals surface area contributed by atoms with Crippen molar-refractivity contribution in [1.82, 2.24) is 0 Å². The first-order valence-electron chi connectivity index (χ1n) is 17.4. The first-order chi connectivity index (χ1) is 18.5. The molecule has 3 heteroatoms. The monoisotopic (exact) mass is 539 g/mol. The molecule has 0 saturated heterocycles. The van der Waals surface area contributed by atoms with Crippen LogP contribution in [0.3, 0.4) is 0 Å². The maximum Gasteiger partial charge on any atom is 0.306 e. The molecular weight excluding hydrogens is 468 g/mol. The second kappa shape index (κ2) is 29.4. The van der Waals surface area contributed by atoms with Crippen LogP contribution in [0, 0.1) is 5.92 Å². The average molecular weight is 539 g/mol. The molecule has 38 heavy (non-hydrogen) atoms. The summed E-state index contributed by atoms with van der Waals surface area (Å²) in [5.74, 6) is 0.447. The molecule has 0 aromatic rings. The third kappa shape index (κ3) is 28.4. The van der Waals surface area contributed by atoms with Crippen LogP contribution in [0.15, 0.2) is 0 Å². The highest BCUT2D eigenvalue weighted by Crippen LogP contribution is 2.24. The number of carbonyl (C=O) groups is 1. The van der Waals surface area contributed by atoms with Gasteiger partial charge < -0.3 is 9.84 Å². The SMILES string of the molecule is CCCCCCCCCCCCCCC(CCCCCCCCCCCC)CC(=O)OC(C)CCC(C)O. The summed E-state index contributed by atoms with van der Waals surface area (Å²) < 4.78 is 5.69. The van der Waals surface area contributed by atoms with Crippen LogP contribution in [0.4, 0.5) is 0 Å². The van der Waals surface area contributed by atoms with Crippen molar-refractivity contribution in [2.45, 2.75) is 213 Å². The highest BCUT2D eigenvalue weighted by molar-refractivity contribution is 5.69. The van der Waals surface area contributed by atoms with Crippen LogP contribution in [-0.2, 0) is 9.53 Å². The van der Waals surface area contributed by atoms with Crippen molar-refractivity contribution < 1.29 is 14.6 Å². The van der Waals surface area contributed by atoms with Gasteiger partial charge in [-0.05, 0) is 45.4 Å². The van der Waals surface area contributed by atoms with E-state index < -0.39 is 0 Å². The largest absolute Gasteiger partial charge is 0.463 e. The molecule has 0 spiro atoms. The van der Waals surface area contributed by atoms with Gasteiger partial charge >= 0.3 is 5.97 Å². The van der Waals surface area contributed by atoms with Crippen molar-refractivity contribution in [3.8, 4) is 0 Å². The Morgan fingerprint density at radius 2 is 0.868 bits per heavy atom. The quantitative estimate of drug-likeness (QED) is 0.0730. The second-order valence-electron chi connectivity index (χ2n) is 12.4. The van der Waals surface area contributed by atoms with Crippen LogP contribution in [0.5, 0.6) is 0 Å². The smallest absolute Gasteiger partial charge is 0.306 e. The highest BCUT2D eigenvalue weighted by Gasteiger charge is 2.17. The van der Waals surface area contributed by atoms with E-state index in [9.17, 15) is 9.90 Å². The van der Waals surface area contributed by atoms with Crippen LogP contribution in [-0.4, -0.2) is 23.3 Å². The zero-order valence-electron chi connectivity index (χ0n) is 26.6. The Balaban J connectivity index is 4.11. The normalized spacial score (nSPS) is 13.9. The van der Waals surface area contributed by atoms with Gasteiger partial charge in [0.15, 0.2) is 0 Å². The van der Waals surface area contributed by atoms with Gasteiger partial charge in [0, 0.05) is 6.42 Å². The molecule has 0 aliphatic carbocycles. The first kappa shape index (κ1) is 37.4. The van der Waals surface area contributed by atoms with E-state index in [4.69, 9.17) is 4.74 Å². The van der Waals surface area contributed by atoms with E-state index in [1.165, 1.54) is 154 Å². The van der Waals surface area contributed by atoms with Gasteiger partial charge in [-0.25, -0.2) is 0 Å². The summed E-state index contributed by atoms with van der Waals surface area (Å²) in [6, 6.07) is 0. The molecule has 1 N–H and O–H groups in total. The molecule has 0 aromatic heterocycles. The number of carbonyl (C=O) groups excluding carboxylic acids is 1. The van der Waals surface area contributed by atoms with Gasteiger partial charge in [0.1, 0.15) is 0 Å². The average Bonchev–Trinajstić information content (AvgIpc) is 2.88. The third-order valence-electron chi connectivity index (χ3n) is 8.21. The lowest BCUT2D eigenvalue weighted by Gasteiger charge is -2.19. The number of aliphatic hydroxyl groups is 1. The summed E-state index contributed by atoms with van der Waals surface area (Å²) in [5, 5.41) is 9.50. The number of aliphatic hydroxyl groups excluding tert-OH is 1. The Kier molecular flexibility index (Phi) is 29.0. The molecule has 228 valence electrons. The van der Waals surface area contributed by atoms with Crippen molar-refractivity contribution in [2.75, 3.05) is 0 Å².